The van der Waals surface area contributed by atoms with E-state index in [4.69, 9.17) is 4.98 Å². The van der Waals surface area contributed by atoms with Crippen LogP contribution in [0.5, 0.6) is 0 Å². The van der Waals surface area contributed by atoms with E-state index < -0.39 is 10.0 Å². The van der Waals surface area contributed by atoms with Gasteiger partial charge in [0.15, 0.2) is 0 Å². The Morgan fingerprint density at radius 3 is 2.42 bits per heavy atom. The maximum atomic E-state index is 12.6. The number of carbonyl (C=O) groups excluding carboxylic acids is 1. The van der Waals surface area contributed by atoms with Gasteiger partial charge in [-0.05, 0) is 35.9 Å². The van der Waals surface area contributed by atoms with Gasteiger partial charge in [-0.1, -0.05) is 24.3 Å². The van der Waals surface area contributed by atoms with Gasteiger partial charge < -0.3 is 4.90 Å². The predicted octanol–water partition coefficient (Wildman–Crippen LogP) is 3.66. The second-order valence-corrected chi connectivity index (χ2v) is 9.52. The zero-order valence-corrected chi connectivity index (χ0v) is 18.5. The first kappa shape index (κ1) is 21.0. The molecule has 166 valence electrons. The number of nitrogens with one attached hydrogen (secondary N) is 1. The van der Waals surface area contributed by atoms with Gasteiger partial charge in [0.2, 0.25) is 0 Å². The van der Waals surface area contributed by atoms with Gasteiger partial charge in [0.05, 0.1) is 34.0 Å². The number of ketones is 1. The van der Waals surface area contributed by atoms with E-state index in [1.165, 1.54) is 18.3 Å². The summed E-state index contributed by atoms with van der Waals surface area (Å²) in [6.45, 7) is 1.29. The van der Waals surface area contributed by atoms with Gasteiger partial charge in [0.25, 0.3) is 10.0 Å². The zero-order chi connectivity index (χ0) is 22.8. The Kier molecular flexibility index (Phi) is 5.47. The Labute approximate surface area is 191 Å². The highest BCUT2D eigenvalue weighted by Crippen LogP contribution is 2.27. The van der Waals surface area contributed by atoms with Gasteiger partial charge in [-0.15, -0.1) is 0 Å². The molecule has 1 aliphatic heterocycles. The summed E-state index contributed by atoms with van der Waals surface area (Å²) in [6.07, 6.45) is 5.93. The number of carbonyl (C=O) groups is 1. The van der Waals surface area contributed by atoms with Crippen LogP contribution in [-0.4, -0.2) is 42.2 Å². The summed E-state index contributed by atoms with van der Waals surface area (Å²) >= 11 is 0. The molecule has 3 heterocycles. The summed E-state index contributed by atoms with van der Waals surface area (Å²) in [4.78, 5) is 27.3. The monoisotopic (exact) mass is 459 g/mol. The van der Waals surface area contributed by atoms with Crippen molar-refractivity contribution in [2.24, 2.45) is 0 Å². The summed E-state index contributed by atoms with van der Waals surface area (Å²) < 4.78 is 27.9. The molecule has 8 nitrogen and oxygen atoms in total. The molecule has 2 aromatic heterocycles. The number of piperidine rings is 1. The third kappa shape index (κ3) is 4.54. The highest BCUT2D eigenvalue weighted by Gasteiger charge is 2.18. The third-order valence-corrected chi connectivity index (χ3v) is 6.95. The molecule has 0 bridgehead atoms. The summed E-state index contributed by atoms with van der Waals surface area (Å²) in [7, 11) is -3.71. The lowest BCUT2D eigenvalue weighted by molar-refractivity contribution is -0.119. The number of Topliss-reactive ketones (excluding diaryl/α,β-unsaturated/α-hetero) is 1. The maximum Gasteiger partial charge on any atom is 0.261 e. The van der Waals surface area contributed by atoms with E-state index in [1.807, 2.05) is 18.2 Å². The molecule has 0 unspecified atom stereocenters. The molecule has 1 N–H and O–H groups in total. The fourth-order valence-electron chi connectivity index (χ4n) is 3.79. The summed E-state index contributed by atoms with van der Waals surface area (Å²) in [5.74, 6) is 1.02. The summed E-state index contributed by atoms with van der Waals surface area (Å²) in [6, 6.07) is 15.6. The van der Waals surface area contributed by atoms with E-state index in [-0.39, 0.29) is 10.7 Å². The fourth-order valence-corrected chi connectivity index (χ4v) is 4.84. The molecule has 0 saturated carbocycles. The van der Waals surface area contributed by atoms with Crippen LogP contribution >= 0.6 is 0 Å². The van der Waals surface area contributed by atoms with Gasteiger partial charge in [-0.3, -0.25) is 19.5 Å². The van der Waals surface area contributed by atoms with Crippen LogP contribution in [0.25, 0.3) is 22.2 Å². The Bertz CT molecular complexity index is 1430. The van der Waals surface area contributed by atoms with E-state index in [9.17, 15) is 13.2 Å². The average molecular weight is 460 g/mol. The van der Waals surface area contributed by atoms with Crippen molar-refractivity contribution >= 4 is 38.3 Å². The molecule has 1 saturated heterocycles. The topological polar surface area (TPSA) is 105 Å². The quantitative estimate of drug-likeness (QED) is 0.485. The number of rotatable bonds is 5. The fraction of sp³-hybridized carbons (Fsp3) is 0.167. The van der Waals surface area contributed by atoms with E-state index in [2.05, 4.69) is 19.6 Å². The van der Waals surface area contributed by atoms with E-state index in [0.29, 0.717) is 31.6 Å². The molecule has 0 radical (unpaired) electrons. The Morgan fingerprint density at radius 1 is 0.848 bits per heavy atom. The van der Waals surface area contributed by atoms with Gasteiger partial charge in [-0.2, -0.15) is 0 Å². The average Bonchev–Trinajstić information content (AvgIpc) is 2.84. The van der Waals surface area contributed by atoms with Gasteiger partial charge in [0.1, 0.15) is 11.6 Å². The lowest BCUT2D eigenvalue weighted by atomic mass is 10.1. The Morgan fingerprint density at radius 2 is 1.64 bits per heavy atom. The number of sulfonamides is 1. The van der Waals surface area contributed by atoms with Crippen LogP contribution in [0.1, 0.15) is 12.8 Å². The third-order valence-electron chi connectivity index (χ3n) is 5.55. The molecule has 2 aromatic carbocycles. The molecule has 33 heavy (non-hydrogen) atoms. The SMILES string of the molecule is O=C1CCN(c2cnc3ccc(-c4cncc(NS(=O)(=O)c5ccccc5)c4)cc3n2)CC1. The van der Waals surface area contributed by atoms with Crippen molar-refractivity contribution < 1.29 is 13.2 Å². The van der Waals surface area contributed by atoms with Crippen molar-refractivity contribution in [2.75, 3.05) is 22.7 Å². The van der Waals surface area contributed by atoms with Crippen LogP contribution in [-0.2, 0) is 14.8 Å². The second-order valence-electron chi connectivity index (χ2n) is 7.84. The molecule has 0 atom stereocenters. The van der Waals surface area contributed by atoms with Gasteiger partial charge in [0, 0.05) is 37.7 Å². The molecule has 9 heteroatoms. The van der Waals surface area contributed by atoms with E-state index in [0.717, 1.165) is 28.0 Å². The van der Waals surface area contributed by atoms with Crippen LogP contribution in [0.4, 0.5) is 11.5 Å². The van der Waals surface area contributed by atoms with Crippen LogP contribution in [0, 0.1) is 0 Å². The molecular weight excluding hydrogens is 438 g/mol. The normalized spacial score (nSPS) is 14.4. The lowest BCUT2D eigenvalue weighted by Crippen LogP contribution is -2.34. The maximum absolute atomic E-state index is 12.6. The number of nitrogens with zero attached hydrogens (tertiary/aromatic N) is 4. The van der Waals surface area contributed by atoms with E-state index >= 15 is 0 Å². The first-order valence-corrected chi connectivity index (χ1v) is 12.0. The highest BCUT2D eigenvalue weighted by molar-refractivity contribution is 7.92. The minimum Gasteiger partial charge on any atom is -0.354 e. The van der Waals surface area contributed by atoms with Crippen molar-refractivity contribution in [3.8, 4) is 11.1 Å². The molecular formula is C24H21N5O3S. The number of benzene rings is 2. The Balaban J connectivity index is 1.43. The molecule has 1 aliphatic rings. The molecule has 4 aromatic rings. The lowest BCUT2D eigenvalue weighted by Gasteiger charge is -2.26. The zero-order valence-electron chi connectivity index (χ0n) is 17.7. The van der Waals surface area contributed by atoms with Crippen molar-refractivity contribution in [3.63, 3.8) is 0 Å². The molecule has 0 spiro atoms. The molecule has 0 amide bonds. The van der Waals surface area contributed by atoms with Crippen LogP contribution in [0.15, 0.2) is 78.1 Å². The second kappa shape index (κ2) is 8.59. The number of anilines is 2. The first-order valence-electron chi connectivity index (χ1n) is 10.5. The van der Waals surface area contributed by atoms with E-state index in [1.54, 1.807) is 36.7 Å². The highest BCUT2D eigenvalue weighted by atomic mass is 32.2. The number of aromatic nitrogens is 3. The Hall–Kier alpha value is -3.85. The molecule has 5 rings (SSSR count). The smallest absolute Gasteiger partial charge is 0.261 e. The standard InChI is InChI=1S/C24H21N5O3S/c30-20-8-10-29(11-9-20)24-16-26-22-7-6-17(13-23(22)27-24)18-12-19(15-25-14-18)28-33(31,32)21-4-2-1-3-5-21/h1-7,12-16,28H,8-11H2. The number of fused-ring (bicyclic) bond motifs is 1. The van der Waals surface area contributed by atoms with Crippen molar-refractivity contribution in [3.05, 3.63) is 73.2 Å². The first-order chi connectivity index (χ1) is 16.0. The van der Waals surface area contributed by atoms with Crippen LogP contribution in [0.3, 0.4) is 0 Å². The van der Waals surface area contributed by atoms with Gasteiger partial charge >= 0.3 is 0 Å². The predicted molar refractivity (Wildman–Crippen MR) is 126 cm³/mol. The van der Waals surface area contributed by atoms with Gasteiger partial charge in [-0.25, -0.2) is 13.4 Å². The van der Waals surface area contributed by atoms with Crippen molar-refractivity contribution in [2.45, 2.75) is 17.7 Å². The minimum atomic E-state index is -3.71. The number of hydrogen-bond acceptors (Lipinski definition) is 7. The number of hydrogen-bond donors (Lipinski definition) is 1. The minimum absolute atomic E-state index is 0.184. The summed E-state index contributed by atoms with van der Waals surface area (Å²) in [5.41, 5.74) is 3.44. The largest absolute Gasteiger partial charge is 0.354 e. The van der Waals surface area contributed by atoms with Crippen LogP contribution in [0.2, 0.25) is 0 Å². The molecule has 1 fully saturated rings. The van der Waals surface area contributed by atoms with Crippen molar-refractivity contribution in [1.29, 1.82) is 0 Å². The van der Waals surface area contributed by atoms with Crippen molar-refractivity contribution in [1.82, 2.24) is 15.0 Å². The molecule has 0 aliphatic carbocycles. The van der Waals surface area contributed by atoms with Crippen LogP contribution < -0.4 is 9.62 Å². The summed E-state index contributed by atoms with van der Waals surface area (Å²) in [5, 5.41) is 0. The number of pyridine rings is 1.